The van der Waals surface area contributed by atoms with Gasteiger partial charge in [-0.25, -0.2) is 9.97 Å². The summed E-state index contributed by atoms with van der Waals surface area (Å²) in [6, 6.07) is 10.8. The van der Waals surface area contributed by atoms with E-state index in [1.165, 1.54) is 47.3 Å². The van der Waals surface area contributed by atoms with Gasteiger partial charge in [0.25, 0.3) is 0 Å². The summed E-state index contributed by atoms with van der Waals surface area (Å²) in [7, 11) is 0. The lowest BCUT2D eigenvalue weighted by atomic mass is 9.98. The maximum absolute atomic E-state index is 4.65. The average molecular weight is 409 g/mol. The fourth-order valence-corrected chi connectivity index (χ4v) is 5.97. The highest BCUT2D eigenvalue weighted by atomic mass is 32.1. The molecule has 0 saturated carbocycles. The number of fused-ring (bicyclic) bond motifs is 2. The maximum Gasteiger partial charge on any atom is 0.125 e. The molecule has 0 unspecified atom stereocenters. The Labute approximate surface area is 173 Å². The SMILES string of the molecule is CCN1CCC[C@H](c2cc3c(Nc4ccc5scnc5c4)ccnc3s2)CC1. The number of benzene rings is 1. The first-order chi connectivity index (χ1) is 13.8. The van der Waals surface area contributed by atoms with Crippen LogP contribution in [0.4, 0.5) is 11.4 Å². The molecule has 1 fully saturated rings. The van der Waals surface area contributed by atoms with Gasteiger partial charge in [0.2, 0.25) is 0 Å². The minimum absolute atomic E-state index is 0.662. The van der Waals surface area contributed by atoms with Gasteiger partial charge in [-0.3, -0.25) is 0 Å². The molecule has 1 aliphatic rings. The van der Waals surface area contributed by atoms with Crippen LogP contribution in [0.3, 0.4) is 0 Å². The molecule has 28 heavy (non-hydrogen) atoms. The third-order valence-corrected chi connectivity index (χ3v) is 7.75. The number of rotatable bonds is 4. The Morgan fingerprint density at radius 2 is 2.11 bits per heavy atom. The number of pyridine rings is 1. The summed E-state index contributed by atoms with van der Waals surface area (Å²) in [6.07, 6.45) is 5.74. The molecule has 1 saturated heterocycles. The minimum atomic E-state index is 0.662. The van der Waals surface area contributed by atoms with Crippen LogP contribution in [0.25, 0.3) is 20.4 Å². The van der Waals surface area contributed by atoms with Crippen LogP contribution in [0.1, 0.15) is 37.0 Å². The van der Waals surface area contributed by atoms with E-state index in [1.54, 1.807) is 11.3 Å². The third kappa shape index (κ3) is 3.52. The van der Waals surface area contributed by atoms with Crippen LogP contribution in [-0.2, 0) is 0 Å². The topological polar surface area (TPSA) is 41.0 Å². The van der Waals surface area contributed by atoms with Crippen molar-refractivity contribution < 1.29 is 0 Å². The van der Waals surface area contributed by atoms with E-state index in [0.717, 1.165) is 28.3 Å². The van der Waals surface area contributed by atoms with Gasteiger partial charge in [-0.2, -0.15) is 0 Å². The zero-order chi connectivity index (χ0) is 18.9. The van der Waals surface area contributed by atoms with Crippen LogP contribution in [0, 0.1) is 0 Å². The highest BCUT2D eigenvalue weighted by Gasteiger charge is 2.20. The zero-order valence-electron chi connectivity index (χ0n) is 16.0. The standard InChI is InChI=1S/C22H24N4S2/c1-2-26-10-3-4-15(8-11-26)21-13-17-18(7-9-23-22(17)28-21)25-16-5-6-20-19(12-16)24-14-27-20/h5-7,9,12-15H,2-4,8,10-11H2,1H3,(H,23,25)/t15-/m0/s1. The molecule has 0 spiro atoms. The molecule has 3 aromatic heterocycles. The van der Waals surface area contributed by atoms with Gasteiger partial charge in [-0.1, -0.05) is 6.92 Å². The number of hydrogen-bond acceptors (Lipinski definition) is 6. The Bertz CT molecular complexity index is 1100. The van der Waals surface area contributed by atoms with E-state index >= 15 is 0 Å². The normalized spacial score (nSPS) is 18.5. The quantitative estimate of drug-likeness (QED) is 0.434. The van der Waals surface area contributed by atoms with Gasteiger partial charge < -0.3 is 10.2 Å². The number of nitrogens with one attached hydrogen (secondary N) is 1. The van der Waals surface area contributed by atoms with E-state index in [9.17, 15) is 0 Å². The predicted octanol–water partition coefficient (Wildman–Crippen LogP) is 6.24. The summed E-state index contributed by atoms with van der Waals surface area (Å²) in [5.41, 5.74) is 5.15. The van der Waals surface area contributed by atoms with Crippen molar-refractivity contribution in [2.45, 2.75) is 32.1 Å². The van der Waals surface area contributed by atoms with Gasteiger partial charge in [-0.15, -0.1) is 22.7 Å². The highest BCUT2D eigenvalue weighted by molar-refractivity contribution is 7.18. The molecule has 4 nitrogen and oxygen atoms in total. The average Bonchev–Trinajstić information content (AvgIpc) is 3.29. The first kappa shape index (κ1) is 18.0. The molecule has 1 aliphatic heterocycles. The third-order valence-electron chi connectivity index (χ3n) is 5.73. The summed E-state index contributed by atoms with van der Waals surface area (Å²) in [4.78, 5) is 14.3. The van der Waals surface area contributed by atoms with Crippen LogP contribution in [0.2, 0.25) is 0 Å². The fourth-order valence-electron chi connectivity index (χ4n) is 4.12. The van der Waals surface area contributed by atoms with Crippen molar-refractivity contribution in [2.24, 2.45) is 0 Å². The maximum atomic E-state index is 4.65. The lowest BCUT2D eigenvalue weighted by Crippen LogP contribution is -2.23. The van der Waals surface area contributed by atoms with Gasteiger partial charge >= 0.3 is 0 Å². The fraction of sp³-hybridized carbons (Fsp3) is 0.364. The molecule has 1 atom stereocenters. The lowest BCUT2D eigenvalue weighted by molar-refractivity contribution is 0.299. The second kappa shape index (κ2) is 7.78. The molecule has 1 aromatic carbocycles. The molecular weight excluding hydrogens is 384 g/mol. The van der Waals surface area contributed by atoms with E-state index in [-0.39, 0.29) is 0 Å². The number of nitrogens with zero attached hydrogens (tertiary/aromatic N) is 3. The Morgan fingerprint density at radius 1 is 1.14 bits per heavy atom. The van der Waals surface area contributed by atoms with Crippen molar-refractivity contribution in [3.8, 4) is 0 Å². The number of anilines is 2. The number of thiophene rings is 1. The molecular formula is C22H24N4S2. The van der Waals surface area contributed by atoms with Crippen molar-refractivity contribution in [1.82, 2.24) is 14.9 Å². The van der Waals surface area contributed by atoms with Gasteiger partial charge in [0.15, 0.2) is 0 Å². The summed E-state index contributed by atoms with van der Waals surface area (Å²) < 4.78 is 1.22. The summed E-state index contributed by atoms with van der Waals surface area (Å²) in [5.74, 6) is 0.662. The monoisotopic (exact) mass is 408 g/mol. The molecule has 1 N–H and O–H groups in total. The molecule has 0 bridgehead atoms. The first-order valence-corrected chi connectivity index (χ1v) is 11.7. The Balaban J connectivity index is 1.43. The van der Waals surface area contributed by atoms with Crippen molar-refractivity contribution in [1.29, 1.82) is 0 Å². The van der Waals surface area contributed by atoms with Gasteiger partial charge in [-0.05, 0) is 75.1 Å². The van der Waals surface area contributed by atoms with Gasteiger partial charge in [0.1, 0.15) is 4.83 Å². The second-order valence-electron chi connectivity index (χ2n) is 7.45. The van der Waals surface area contributed by atoms with Crippen LogP contribution in [0.5, 0.6) is 0 Å². The predicted molar refractivity (Wildman–Crippen MR) is 121 cm³/mol. The Kier molecular flexibility index (Phi) is 5.01. The van der Waals surface area contributed by atoms with Crippen molar-refractivity contribution in [3.63, 3.8) is 0 Å². The number of likely N-dealkylation sites (tertiary alicyclic amines) is 1. The first-order valence-electron chi connectivity index (χ1n) is 10.0. The van der Waals surface area contributed by atoms with Crippen LogP contribution >= 0.6 is 22.7 Å². The van der Waals surface area contributed by atoms with E-state index in [4.69, 9.17) is 0 Å². The summed E-state index contributed by atoms with van der Waals surface area (Å²) >= 11 is 3.55. The van der Waals surface area contributed by atoms with Gasteiger partial charge in [0.05, 0.1) is 21.4 Å². The zero-order valence-corrected chi connectivity index (χ0v) is 17.7. The number of aromatic nitrogens is 2. The Hall–Kier alpha value is -2.02. The molecule has 4 heterocycles. The van der Waals surface area contributed by atoms with E-state index < -0.39 is 0 Å². The van der Waals surface area contributed by atoms with Crippen LogP contribution in [0.15, 0.2) is 42.0 Å². The van der Waals surface area contributed by atoms with Crippen LogP contribution < -0.4 is 5.32 Å². The van der Waals surface area contributed by atoms with Crippen molar-refractivity contribution in [3.05, 3.63) is 46.9 Å². The summed E-state index contributed by atoms with van der Waals surface area (Å²) in [6.45, 7) is 5.88. The Morgan fingerprint density at radius 3 is 3.04 bits per heavy atom. The molecule has 6 heteroatoms. The second-order valence-corrected chi connectivity index (χ2v) is 9.40. The van der Waals surface area contributed by atoms with Crippen molar-refractivity contribution in [2.75, 3.05) is 25.0 Å². The highest BCUT2D eigenvalue weighted by Crippen LogP contribution is 2.38. The minimum Gasteiger partial charge on any atom is -0.355 e. The molecule has 4 aromatic rings. The molecule has 5 rings (SSSR count). The summed E-state index contributed by atoms with van der Waals surface area (Å²) in [5, 5.41) is 4.83. The lowest BCUT2D eigenvalue weighted by Gasteiger charge is -2.17. The molecule has 0 amide bonds. The largest absolute Gasteiger partial charge is 0.355 e. The molecule has 0 aliphatic carbocycles. The molecule has 0 radical (unpaired) electrons. The number of hydrogen-bond donors (Lipinski definition) is 1. The van der Waals surface area contributed by atoms with Crippen molar-refractivity contribution >= 4 is 54.5 Å². The van der Waals surface area contributed by atoms with E-state index in [1.807, 2.05) is 23.0 Å². The van der Waals surface area contributed by atoms with Crippen LogP contribution in [-0.4, -0.2) is 34.5 Å². The molecule has 144 valence electrons. The smallest absolute Gasteiger partial charge is 0.125 e. The van der Waals surface area contributed by atoms with E-state index in [0.29, 0.717) is 5.92 Å². The van der Waals surface area contributed by atoms with E-state index in [2.05, 4.69) is 57.4 Å². The number of thiazole rings is 1. The van der Waals surface area contributed by atoms with Gasteiger partial charge in [0, 0.05) is 22.1 Å².